The molecule has 1 aliphatic rings. The van der Waals surface area contributed by atoms with Crippen LogP contribution in [0.5, 0.6) is 5.75 Å². The summed E-state index contributed by atoms with van der Waals surface area (Å²) in [5, 5.41) is 48.4. The number of nitrogens with zero attached hydrogens (tertiary/aromatic N) is 5. The number of benzene rings is 3. The number of carbonyl (C=O) groups excluding carboxylic acids is 2. The van der Waals surface area contributed by atoms with Crippen LogP contribution in [0.4, 0.5) is 22.7 Å². The highest BCUT2D eigenvalue weighted by molar-refractivity contribution is 6.03. The molecule has 0 radical (unpaired) electrons. The lowest BCUT2D eigenvalue weighted by Crippen LogP contribution is -2.16. The van der Waals surface area contributed by atoms with E-state index in [1.165, 1.54) is 6.07 Å². The van der Waals surface area contributed by atoms with E-state index in [1.807, 2.05) is 0 Å². The van der Waals surface area contributed by atoms with Crippen LogP contribution < -0.4 is 4.74 Å². The maximum Gasteiger partial charge on any atom is 0.366 e. The molecular weight excluding hydrogens is 562 g/mol. The Bertz CT molecular complexity index is 1670. The van der Waals surface area contributed by atoms with Gasteiger partial charge in [-0.25, -0.2) is 9.59 Å². The van der Waals surface area contributed by atoms with E-state index in [9.17, 15) is 50.0 Å². The molecule has 0 fully saturated rings. The van der Waals surface area contributed by atoms with Crippen LogP contribution in [0.15, 0.2) is 53.7 Å². The Morgan fingerprint density at radius 1 is 0.690 bits per heavy atom. The van der Waals surface area contributed by atoms with Gasteiger partial charge in [-0.15, -0.1) is 0 Å². The van der Waals surface area contributed by atoms with Crippen LogP contribution in [-0.2, 0) is 11.3 Å². The topological polar surface area (TPSA) is 238 Å². The number of nitro groups is 4. The number of carbonyl (C=O) groups is 2. The third-order valence-electron chi connectivity index (χ3n) is 6.13. The van der Waals surface area contributed by atoms with Crippen molar-refractivity contribution >= 4 is 40.4 Å². The Kier molecular flexibility index (Phi) is 7.93. The molecule has 0 amide bonds. The molecule has 0 saturated carbocycles. The fourth-order valence-corrected chi connectivity index (χ4v) is 4.15. The zero-order chi connectivity index (χ0) is 30.7. The lowest BCUT2D eigenvalue weighted by molar-refractivity contribution is -0.394. The van der Waals surface area contributed by atoms with E-state index in [2.05, 4.69) is 5.16 Å². The van der Waals surface area contributed by atoms with Crippen LogP contribution in [0.25, 0.3) is 0 Å². The van der Waals surface area contributed by atoms with Crippen LogP contribution in [0, 0.1) is 47.4 Å². The third kappa shape index (κ3) is 6.19. The second-order valence-corrected chi connectivity index (χ2v) is 8.94. The highest BCUT2D eigenvalue weighted by Crippen LogP contribution is 2.31. The first kappa shape index (κ1) is 28.9. The van der Waals surface area contributed by atoms with Crippen molar-refractivity contribution in [1.82, 2.24) is 0 Å². The van der Waals surface area contributed by atoms with Crippen molar-refractivity contribution in [3.05, 3.63) is 117 Å². The predicted molar refractivity (Wildman–Crippen MR) is 141 cm³/mol. The summed E-state index contributed by atoms with van der Waals surface area (Å²) in [7, 11) is 0. The lowest BCUT2D eigenvalue weighted by atomic mass is 9.88. The number of hydrogen-bond donors (Lipinski definition) is 0. The van der Waals surface area contributed by atoms with E-state index in [0.29, 0.717) is 47.7 Å². The molecule has 0 N–H and O–H groups in total. The SMILES string of the molecule is Cc1cc2c(cc1OC(=O)c1cc([N+](=O)[O-])cc([N+](=O)[O-])c1)CCC/C2=N\OC(=O)c1cc([N+](=O)[O-])cc([N+](=O)[O-])c1. The summed E-state index contributed by atoms with van der Waals surface area (Å²) >= 11 is 0. The van der Waals surface area contributed by atoms with Crippen LogP contribution >= 0.6 is 0 Å². The molecule has 0 spiro atoms. The van der Waals surface area contributed by atoms with Crippen LogP contribution in [0.1, 0.15) is 50.2 Å². The largest absolute Gasteiger partial charge is 0.423 e. The first-order valence-corrected chi connectivity index (χ1v) is 11.9. The van der Waals surface area contributed by atoms with E-state index in [0.717, 1.165) is 30.3 Å². The Balaban J connectivity index is 1.59. The van der Waals surface area contributed by atoms with Crippen LogP contribution in [0.2, 0.25) is 0 Å². The van der Waals surface area contributed by atoms with Gasteiger partial charge in [-0.3, -0.25) is 40.5 Å². The second-order valence-electron chi connectivity index (χ2n) is 8.94. The van der Waals surface area contributed by atoms with Crippen molar-refractivity contribution in [2.24, 2.45) is 5.16 Å². The molecule has 0 atom stereocenters. The normalized spacial score (nSPS) is 13.1. The van der Waals surface area contributed by atoms with E-state index in [1.54, 1.807) is 13.0 Å². The molecule has 0 heterocycles. The summed E-state index contributed by atoms with van der Waals surface area (Å²) in [4.78, 5) is 71.2. The summed E-state index contributed by atoms with van der Waals surface area (Å²) < 4.78 is 5.40. The van der Waals surface area contributed by atoms with Gasteiger partial charge in [0.25, 0.3) is 22.7 Å². The molecule has 3 aromatic rings. The molecule has 214 valence electrons. The number of rotatable bonds is 8. The van der Waals surface area contributed by atoms with Gasteiger partial charge in [-0.05, 0) is 49.4 Å². The lowest BCUT2D eigenvalue weighted by Gasteiger charge is -2.19. The van der Waals surface area contributed by atoms with Crippen molar-refractivity contribution in [3.8, 4) is 5.75 Å². The summed E-state index contributed by atoms with van der Waals surface area (Å²) in [5.74, 6) is -2.14. The first-order valence-electron chi connectivity index (χ1n) is 11.9. The number of esters is 1. The average Bonchev–Trinajstić information content (AvgIpc) is 2.95. The van der Waals surface area contributed by atoms with Gasteiger partial charge in [-0.2, -0.15) is 0 Å². The first-order chi connectivity index (χ1) is 19.8. The van der Waals surface area contributed by atoms with Crippen molar-refractivity contribution in [3.63, 3.8) is 0 Å². The van der Waals surface area contributed by atoms with Gasteiger partial charge in [0.1, 0.15) is 5.75 Å². The fourth-order valence-electron chi connectivity index (χ4n) is 4.15. The number of aryl methyl sites for hydroxylation is 2. The Morgan fingerprint density at radius 3 is 1.64 bits per heavy atom. The minimum Gasteiger partial charge on any atom is -0.423 e. The molecule has 0 bridgehead atoms. The van der Waals surface area contributed by atoms with Gasteiger partial charge in [0.2, 0.25) is 0 Å². The maximum absolute atomic E-state index is 12.8. The minimum absolute atomic E-state index is 0.0788. The zero-order valence-electron chi connectivity index (χ0n) is 21.4. The molecule has 0 aliphatic heterocycles. The van der Waals surface area contributed by atoms with Gasteiger partial charge in [0.15, 0.2) is 0 Å². The average molecular weight is 579 g/mol. The van der Waals surface area contributed by atoms with Gasteiger partial charge >= 0.3 is 11.9 Å². The molecule has 0 saturated heterocycles. The van der Waals surface area contributed by atoms with E-state index < -0.39 is 65.5 Å². The van der Waals surface area contributed by atoms with Crippen LogP contribution in [-0.4, -0.2) is 37.3 Å². The molecule has 42 heavy (non-hydrogen) atoms. The zero-order valence-corrected chi connectivity index (χ0v) is 21.4. The number of fused-ring (bicyclic) bond motifs is 1. The fraction of sp³-hybridized carbons (Fsp3) is 0.160. The molecule has 4 rings (SSSR count). The van der Waals surface area contributed by atoms with Crippen molar-refractivity contribution < 1.29 is 38.9 Å². The summed E-state index contributed by atoms with van der Waals surface area (Å²) in [5.41, 5.74) is -1.60. The number of non-ortho nitro benzene ring substituents is 4. The maximum atomic E-state index is 12.8. The summed E-state index contributed by atoms with van der Waals surface area (Å²) in [6.45, 7) is 1.58. The molecular formula is C25H17N5O12. The second kappa shape index (κ2) is 11.5. The number of oxime groups is 1. The smallest absolute Gasteiger partial charge is 0.366 e. The summed E-state index contributed by atoms with van der Waals surface area (Å²) in [6.07, 6.45) is 1.41. The third-order valence-corrected chi connectivity index (χ3v) is 6.13. The van der Waals surface area contributed by atoms with Crippen molar-refractivity contribution in [2.75, 3.05) is 0 Å². The standard InChI is InChI=1S/C25H17N5O12/c1-13-5-21-14(10-23(13)41-24(31)15-6-17(27(33)34)11-18(7-15)28(35)36)3-2-4-22(21)26-42-25(32)16-8-19(29(37)38)12-20(9-16)30(39)40/h5-12H,2-4H2,1H3/b26-22+. The quantitative estimate of drug-likeness (QED) is 0.115. The highest BCUT2D eigenvalue weighted by Gasteiger charge is 2.25. The van der Waals surface area contributed by atoms with Crippen molar-refractivity contribution in [1.29, 1.82) is 0 Å². The molecule has 3 aromatic carbocycles. The predicted octanol–water partition coefficient (Wildman–Crippen LogP) is 4.74. The Morgan fingerprint density at radius 2 is 1.17 bits per heavy atom. The highest BCUT2D eigenvalue weighted by atomic mass is 16.7. The molecule has 0 aromatic heterocycles. The van der Waals surface area contributed by atoms with Gasteiger partial charge < -0.3 is 9.57 Å². The monoisotopic (exact) mass is 579 g/mol. The minimum atomic E-state index is -1.16. The van der Waals surface area contributed by atoms with Crippen molar-refractivity contribution in [2.45, 2.75) is 26.2 Å². The molecule has 0 unspecified atom stereocenters. The number of nitro benzene ring substituents is 4. The Hall–Kier alpha value is -6.13. The van der Waals surface area contributed by atoms with E-state index in [4.69, 9.17) is 9.57 Å². The molecule has 17 heteroatoms. The van der Waals surface area contributed by atoms with Gasteiger partial charge in [-0.1, -0.05) is 5.16 Å². The summed E-state index contributed by atoms with van der Waals surface area (Å²) in [6, 6.07) is 7.90. The molecule has 1 aliphatic carbocycles. The number of ether oxygens (including phenoxy) is 1. The number of hydrogen-bond acceptors (Lipinski definition) is 13. The Labute approximate surface area is 233 Å². The van der Waals surface area contributed by atoms with E-state index >= 15 is 0 Å². The molecule has 17 nitrogen and oxygen atoms in total. The van der Waals surface area contributed by atoms with Gasteiger partial charge in [0.05, 0.1) is 48.7 Å². The van der Waals surface area contributed by atoms with Gasteiger partial charge in [0, 0.05) is 29.8 Å². The van der Waals surface area contributed by atoms with Crippen LogP contribution in [0.3, 0.4) is 0 Å². The van der Waals surface area contributed by atoms with E-state index in [-0.39, 0.29) is 5.75 Å².